The molecule has 1 atom stereocenters. The maximum absolute atomic E-state index is 7.26. The van der Waals surface area contributed by atoms with Gasteiger partial charge in [0.05, 0.1) is 0 Å². The van der Waals surface area contributed by atoms with Gasteiger partial charge in [0.25, 0.3) is 0 Å². The van der Waals surface area contributed by atoms with E-state index >= 15 is 0 Å². The lowest BCUT2D eigenvalue weighted by Crippen LogP contribution is -1.84. The highest BCUT2D eigenvalue weighted by Gasteiger charge is 1.94. The van der Waals surface area contributed by atoms with Gasteiger partial charge < -0.3 is 0 Å². The van der Waals surface area contributed by atoms with Gasteiger partial charge in [0.2, 0.25) is 0 Å². The average molecular weight is 231 g/mol. The van der Waals surface area contributed by atoms with Gasteiger partial charge >= 0.3 is 0 Å². The molecule has 15 heavy (non-hydrogen) atoms. The molecule has 92 valence electrons. The van der Waals surface area contributed by atoms with E-state index in [2.05, 4.69) is 13.6 Å². The molecule has 0 saturated carbocycles. The average Bonchev–Trinajstić information content (AvgIpc) is 2.31. The Balaban J connectivity index is 2.93. The Morgan fingerprint density at radius 3 is 1.73 bits per heavy atom. The fourth-order valence-electron chi connectivity index (χ4n) is 1.87. The molecule has 0 N–H and O–H groups in total. The van der Waals surface area contributed by atoms with Crippen LogP contribution in [-0.2, 0) is 0 Å². The fourth-order valence-corrected chi connectivity index (χ4v) is 2.63. The minimum absolute atomic E-state index is 0.0538. The Morgan fingerprint density at radius 2 is 1.27 bits per heavy atom. The monoisotopic (exact) mass is 231 g/mol. The van der Waals surface area contributed by atoms with Crippen molar-refractivity contribution in [2.45, 2.75) is 71.1 Å². The van der Waals surface area contributed by atoms with Crippen LogP contribution in [0, 0.1) is 0 Å². The molecule has 0 aromatic rings. The molecule has 0 rings (SSSR count). The SMILES string of the molecule is [2H]CP(C)CCCCCCCCCCCC. The van der Waals surface area contributed by atoms with Crippen LogP contribution in [0.3, 0.4) is 0 Å². The molecular weight excluding hydrogens is 199 g/mol. The molecule has 1 unspecified atom stereocenters. The Kier molecular flexibility index (Phi) is 11.2. The van der Waals surface area contributed by atoms with Crippen LogP contribution in [-0.4, -0.2) is 19.5 Å². The van der Waals surface area contributed by atoms with Gasteiger partial charge in [-0.2, -0.15) is 0 Å². The summed E-state index contributed by atoms with van der Waals surface area (Å²) < 4.78 is 7.26. The molecule has 0 fully saturated rings. The quantitative estimate of drug-likeness (QED) is 0.318. The van der Waals surface area contributed by atoms with Gasteiger partial charge in [-0.25, -0.2) is 0 Å². The van der Waals surface area contributed by atoms with Gasteiger partial charge in [-0.15, -0.1) is 7.92 Å². The maximum Gasteiger partial charge on any atom is 0.0279 e. The van der Waals surface area contributed by atoms with Gasteiger partial charge in [-0.05, 0) is 25.9 Å². The van der Waals surface area contributed by atoms with Crippen molar-refractivity contribution in [2.24, 2.45) is 0 Å². The maximum atomic E-state index is 7.26. The lowest BCUT2D eigenvalue weighted by molar-refractivity contribution is 0.563. The first kappa shape index (κ1) is 13.5. The van der Waals surface area contributed by atoms with Crippen molar-refractivity contribution in [2.75, 3.05) is 19.5 Å². The molecule has 0 saturated heterocycles. The van der Waals surface area contributed by atoms with Gasteiger partial charge in [-0.3, -0.25) is 0 Å². The highest BCUT2D eigenvalue weighted by atomic mass is 31.1. The van der Waals surface area contributed by atoms with E-state index in [1.165, 1.54) is 70.4 Å². The minimum Gasteiger partial charge on any atom is -0.113 e. The molecular formula is C14H31P. The highest BCUT2D eigenvalue weighted by molar-refractivity contribution is 7.55. The van der Waals surface area contributed by atoms with Crippen LogP contribution in [0.25, 0.3) is 0 Å². The van der Waals surface area contributed by atoms with Crippen LogP contribution < -0.4 is 0 Å². The summed E-state index contributed by atoms with van der Waals surface area (Å²) in [5.41, 5.74) is 0. The van der Waals surface area contributed by atoms with Crippen molar-refractivity contribution in [3.63, 3.8) is 0 Å². The molecule has 0 radical (unpaired) electrons. The first-order valence-corrected chi connectivity index (χ1v) is 8.95. The summed E-state index contributed by atoms with van der Waals surface area (Å²) in [6.07, 6.45) is 15.5. The van der Waals surface area contributed by atoms with E-state index in [9.17, 15) is 0 Å². The van der Waals surface area contributed by atoms with E-state index in [1.54, 1.807) is 0 Å². The number of hydrogen-bond acceptors (Lipinski definition) is 0. The molecule has 0 aliphatic rings. The smallest absolute Gasteiger partial charge is 0.0279 e. The van der Waals surface area contributed by atoms with Crippen molar-refractivity contribution < 1.29 is 1.37 Å². The number of unbranched alkanes of at least 4 members (excludes halogenated alkanes) is 9. The topological polar surface area (TPSA) is 0 Å². The van der Waals surface area contributed by atoms with E-state index in [0.29, 0.717) is 6.64 Å². The zero-order valence-electron chi connectivity index (χ0n) is 11.9. The Morgan fingerprint density at radius 1 is 0.800 bits per heavy atom. The van der Waals surface area contributed by atoms with Crippen molar-refractivity contribution in [3.05, 3.63) is 0 Å². The van der Waals surface area contributed by atoms with E-state index in [0.717, 1.165) is 0 Å². The van der Waals surface area contributed by atoms with Crippen LogP contribution in [0.1, 0.15) is 72.5 Å². The first-order chi connectivity index (χ1) is 7.81. The third-order valence-electron chi connectivity index (χ3n) is 2.89. The lowest BCUT2D eigenvalue weighted by Gasteiger charge is -2.04. The summed E-state index contributed by atoms with van der Waals surface area (Å²) in [4.78, 5) is 0. The minimum atomic E-state index is 0.0538. The summed E-state index contributed by atoms with van der Waals surface area (Å²) in [6, 6.07) is 0. The highest BCUT2D eigenvalue weighted by Crippen LogP contribution is 2.26. The van der Waals surface area contributed by atoms with E-state index in [-0.39, 0.29) is 7.92 Å². The Hall–Kier alpha value is 0.430. The summed E-state index contributed by atoms with van der Waals surface area (Å²) in [6.45, 7) is 5.21. The second-order valence-electron chi connectivity index (χ2n) is 4.76. The molecule has 0 heterocycles. The van der Waals surface area contributed by atoms with Gasteiger partial charge in [0.15, 0.2) is 0 Å². The van der Waals surface area contributed by atoms with Crippen molar-refractivity contribution in [1.82, 2.24) is 0 Å². The summed E-state index contributed by atoms with van der Waals surface area (Å²) in [5, 5.41) is 0. The molecule has 0 aliphatic carbocycles. The molecule has 0 amide bonds. The van der Waals surface area contributed by atoms with E-state index in [4.69, 9.17) is 1.37 Å². The van der Waals surface area contributed by atoms with Crippen LogP contribution in [0.5, 0.6) is 0 Å². The standard InChI is InChI=1S/C14H31P/c1-4-5-6-7-8-9-10-11-12-13-14-15(2)3/h4-14H2,1-3H3/i2D. The van der Waals surface area contributed by atoms with Crippen LogP contribution in [0.15, 0.2) is 0 Å². The third-order valence-corrected chi connectivity index (χ3v) is 3.97. The number of hydrogen-bond donors (Lipinski definition) is 0. The molecule has 0 bridgehead atoms. The molecule has 0 aromatic carbocycles. The predicted octanol–water partition coefficient (Wildman–Crippen LogP) is 5.65. The lowest BCUT2D eigenvalue weighted by atomic mass is 10.1. The van der Waals surface area contributed by atoms with E-state index in [1.807, 2.05) is 0 Å². The van der Waals surface area contributed by atoms with Crippen LogP contribution in [0.2, 0.25) is 0 Å². The predicted molar refractivity (Wildman–Crippen MR) is 75.5 cm³/mol. The summed E-state index contributed by atoms with van der Waals surface area (Å²) in [7, 11) is 0.0538. The second-order valence-corrected chi connectivity index (χ2v) is 6.92. The van der Waals surface area contributed by atoms with Crippen molar-refractivity contribution in [1.29, 1.82) is 0 Å². The molecule has 0 nitrogen and oxygen atoms in total. The van der Waals surface area contributed by atoms with Gasteiger partial charge in [0, 0.05) is 1.37 Å². The van der Waals surface area contributed by atoms with Crippen LogP contribution in [0.4, 0.5) is 0 Å². The molecule has 0 aliphatic heterocycles. The summed E-state index contributed by atoms with van der Waals surface area (Å²) >= 11 is 0. The zero-order chi connectivity index (χ0) is 12.1. The van der Waals surface area contributed by atoms with Gasteiger partial charge in [0.1, 0.15) is 0 Å². The third kappa shape index (κ3) is 14.4. The molecule has 1 heteroatoms. The van der Waals surface area contributed by atoms with Gasteiger partial charge in [-0.1, -0.05) is 64.7 Å². The summed E-state index contributed by atoms with van der Waals surface area (Å²) in [5.74, 6) is 0. The largest absolute Gasteiger partial charge is 0.113 e. The Bertz CT molecular complexity index is 128. The fraction of sp³-hybridized carbons (Fsp3) is 1.00. The second kappa shape index (κ2) is 12.5. The Labute approximate surface area is 100 Å². The van der Waals surface area contributed by atoms with E-state index < -0.39 is 0 Å². The molecule has 0 aromatic heterocycles. The zero-order valence-corrected chi connectivity index (χ0v) is 11.8. The molecule has 0 spiro atoms. The first-order valence-electron chi connectivity index (χ1n) is 7.49. The van der Waals surface area contributed by atoms with Crippen LogP contribution >= 0.6 is 7.92 Å². The van der Waals surface area contributed by atoms with Crippen molar-refractivity contribution in [3.8, 4) is 0 Å². The normalized spacial score (nSPS) is 13.9. The number of rotatable bonds is 11. The van der Waals surface area contributed by atoms with Crippen molar-refractivity contribution >= 4 is 7.92 Å².